The number of hydrogen-bond donors (Lipinski definition) is 2. The molecule has 0 aromatic carbocycles. The van der Waals surface area contributed by atoms with Gasteiger partial charge >= 0.3 is 0 Å². The zero-order valence-electron chi connectivity index (χ0n) is 10.2. The van der Waals surface area contributed by atoms with E-state index in [-0.39, 0.29) is 11.8 Å². The summed E-state index contributed by atoms with van der Waals surface area (Å²) in [5, 5.41) is 6.68. The van der Waals surface area contributed by atoms with Crippen molar-refractivity contribution in [3.05, 3.63) is 35.1 Å². The molecule has 1 heterocycles. The molecule has 1 fully saturated rings. The SMILES string of the molecule is O=C(CCl)NC1=C2CCCC2NC2CC=CC=C12. The third kappa shape index (κ3) is 2.02. The highest BCUT2D eigenvalue weighted by molar-refractivity contribution is 6.27. The molecule has 3 rings (SSSR count). The van der Waals surface area contributed by atoms with E-state index in [4.69, 9.17) is 11.6 Å². The molecule has 4 heteroatoms. The molecular formula is C14H17ClN2O. The van der Waals surface area contributed by atoms with Crippen molar-refractivity contribution in [2.24, 2.45) is 0 Å². The number of alkyl halides is 1. The summed E-state index contributed by atoms with van der Waals surface area (Å²) in [5.41, 5.74) is 3.60. The van der Waals surface area contributed by atoms with Gasteiger partial charge in [-0.05, 0) is 36.8 Å². The topological polar surface area (TPSA) is 41.1 Å². The fraction of sp³-hybridized carbons (Fsp3) is 0.500. The Kier molecular flexibility index (Phi) is 3.27. The number of halogens is 1. The van der Waals surface area contributed by atoms with Crippen molar-refractivity contribution in [2.45, 2.75) is 37.8 Å². The molecule has 0 bridgehead atoms. The molecule has 0 aromatic heterocycles. The number of nitrogens with one attached hydrogen (secondary N) is 2. The van der Waals surface area contributed by atoms with Crippen LogP contribution in [0.3, 0.4) is 0 Å². The molecule has 2 N–H and O–H groups in total. The number of amides is 1. The largest absolute Gasteiger partial charge is 0.325 e. The van der Waals surface area contributed by atoms with E-state index in [2.05, 4.69) is 28.9 Å². The minimum atomic E-state index is -0.110. The Morgan fingerprint density at radius 3 is 3.22 bits per heavy atom. The molecule has 2 atom stereocenters. The lowest BCUT2D eigenvalue weighted by atomic mass is 9.87. The maximum Gasteiger partial charge on any atom is 0.239 e. The summed E-state index contributed by atoms with van der Waals surface area (Å²) in [4.78, 5) is 11.6. The van der Waals surface area contributed by atoms with Gasteiger partial charge < -0.3 is 10.6 Å². The van der Waals surface area contributed by atoms with Gasteiger partial charge in [-0.1, -0.05) is 18.2 Å². The zero-order chi connectivity index (χ0) is 12.5. The van der Waals surface area contributed by atoms with Crippen molar-refractivity contribution in [3.63, 3.8) is 0 Å². The normalized spacial score (nSPS) is 29.7. The van der Waals surface area contributed by atoms with E-state index >= 15 is 0 Å². The van der Waals surface area contributed by atoms with Crippen molar-refractivity contribution in [1.29, 1.82) is 0 Å². The predicted molar refractivity (Wildman–Crippen MR) is 72.3 cm³/mol. The fourth-order valence-electron chi connectivity index (χ4n) is 3.13. The zero-order valence-corrected chi connectivity index (χ0v) is 11.0. The van der Waals surface area contributed by atoms with Gasteiger partial charge in [0, 0.05) is 17.8 Å². The Bertz CT molecular complexity index is 464. The van der Waals surface area contributed by atoms with E-state index in [1.54, 1.807) is 0 Å². The van der Waals surface area contributed by atoms with Crippen LogP contribution in [0, 0.1) is 0 Å². The summed E-state index contributed by atoms with van der Waals surface area (Å²) < 4.78 is 0. The molecule has 3 aliphatic rings. The van der Waals surface area contributed by atoms with Crippen molar-refractivity contribution >= 4 is 17.5 Å². The van der Waals surface area contributed by atoms with Gasteiger partial charge in [0.2, 0.25) is 5.91 Å². The maximum absolute atomic E-state index is 11.6. The highest BCUT2D eigenvalue weighted by atomic mass is 35.5. The number of allylic oxidation sites excluding steroid dienone is 2. The first-order chi connectivity index (χ1) is 8.79. The van der Waals surface area contributed by atoms with Crippen LogP contribution < -0.4 is 10.6 Å². The summed E-state index contributed by atoms with van der Waals surface area (Å²) in [7, 11) is 0. The van der Waals surface area contributed by atoms with Crippen molar-refractivity contribution in [3.8, 4) is 0 Å². The van der Waals surface area contributed by atoms with Crippen molar-refractivity contribution in [2.75, 3.05) is 5.88 Å². The van der Waals surface area contributed by atoms with Gasteiger partial charge in [-0.15, -0.1) is 11.6 Å². The maximum atomic E-state index is 11.6. The number of fused-ring (bicyclic) bond motifs is 2. The van der Waals surface area contributed by atoms with Gasteiger partial charge in [-0.3, -0.25) is 4.79 Å². The molecule has 2 unspecified atom stereocenters. The van der Waals surface area contributed by atoms with Gasteiger partial charge in [0.1, 0.15) is 5.88 Å². The fourth-order valence-corrected chi connectivity index (χ4v) is 3.19. The summed E-state index contributed by atoms with van der Waals surface area (Å²) in [6.07, 6.45) is 10.8. The van der Waals surface area contributed by atoms with E-state index in [0.29, 0.717) is 12.1 Å². The Hall–Kier alpha value is -1.06. The highest BCUT2D eigenvalue weighted by Gasteiger charge is 2.35. The molecule has 0 radical (unpaired) electrons. The molecule has 1 saturated carbocycles. The Balaban J connectivity index is 1.98. The minimum Gasteiger partial charge on any atom is -0.325 e. The average molecular weight is 265 g/mol. The monoisotopic (exact) mass is 264 g/mol. The van der Waals surface area contributed by atoms with Gasteiger partial charge in [-0.25, -0.2) is 0 Å². The third-order valence-corrected chi connectivity index (χ3v) is 4.16. The molecule has 0 aromatic rings. The van der Waals surface area contributed by atoms with E-state index in [9.17, 15) is 4.79 Å². The van der Waals surface area contributed by atoms with E-state index in [0.717, 1.165) is 18.5 Å². The van der Waals surface area contributed by atoms with Gasteiger partial charge in [-0.2, -0.15) is 0 Å². The molecule has 1 aliphatic heterocycles. The van der Waals surface area contributed by atoms with E-state index in [1.165, 1.54) is 24.0 Å². The molecular weight excluding hydrogens is 248 g/mol. The number of carbonyl (C=O) groups excluding carboxylic acids is 1. The molecule has 3 nitrogen and oxygen atoms in total. The second kappa shape index (κ2) is 4.90. The first-order valence-corrected chi connectivity index (χ1v) is 7.05. The molecule has 18 heavy (non-hydrogen) atoms. The summed E-state index contributed by atoms with van der Waals surface area (Å²) >= 11 is 5.61. The highest BCUT2D eigenvalue weighted by Crippen LogP contribution is 2.36. The molecule has 1 amide bonds. The summed E-state index contributed by atoms with van der Waals surface area (Å²) in [6, 6.07) is 0.775. The first kappa shape index (κ1) is 12.0. The lowest BCUT2D eigenvalue weighted by Gasteiger charge is -2.35. The average Bonchev–Trinajstić information content (AvgIpc) is 2.86. The molecule has 0 spiro atoms. The minimum absolute atomic E-state index is 0.0165. The predicted octanol–water partition coefficient (Wildman–Crippen LogP) is 2.01. The Labute approximate surface area is 112 Å². The van der Waals surface area contributed by atoms with Crippen LogP contribution in [0.4, 0.5) is 0 Å². The van der Waals surface area contributed by atoms with E-state index in [1.807, 2.05) is 0 Å². The molecule has 2 aliphatic carbocycles. The number of rotatable bonds is 2. The second-order valence-electron chi connectivity index (χ2n) is 5.03. The van der Waals surface area contributed by atoms with Gasteiger partial charge in [0.15, 0.2) is 0 Å². The van der Waals surface area contributed by atoms with Crippen LogP contribution in [0.15, 0.2) is 35.1 Å². The summed E-state index contributed by atoms with van der Waals surface area (Å²) in [5.74, 6) is -0.0937. The lowest BCUT2D eigenvalue weighted by Crippen LogP contribution is -2.47. The van der Waals surface area contributed by atoms with Gasteiger partial charge in [0.25, 0.3) is 0 Å². The van der Waals surface area contributed by atoms with Crippen LogP contribution >= 0.6 is 11.6 Å². The quantitative estimate of drug-likeness (QED) is 0.749. The lowest BCUT2D eigenvalue weighted by molar-refractivity contribution is -0.118. The van der Waals surface area contributed by atoms with Crippen LogP contribution in [-0.2, 0) is 4.79 Å². The Morgan fingerprint density at radius 1 is 1.50 bits per heavy atom. The first-order valence-electron chi connectivity index (χ1n) is 6.51. The van der Waals surface area contributed by atoms with Crippen LogP contribution in [-0.4, -0.2) is 23.9 Å². The number of carbonyl (C=O) groups is 1. The van der Waals surface area contributed by atoms with E-state index < -0.39 is 0 Å². The van der Waals surface area contributed by atoms with Crippen LogP contribution in [0.2, 0.25) is 0 Å². The van der Waals surface area contributed by atoms with Crippen LogP contribution in [0.5, 0.6) is 0 Å². The third-order valence-electron chi connectivity index (χ3n) is 3.92. The standard InChI is InChI=1S/C14H17ClN2O/c15-8-13(18)17-14-9-4-1-2-6-11(9)16-12-7-3-5-10(12)14/h1-2,4,11-12,16H,3,5-8H2,(H,17,18). The van der Waals surface area contributed by atoms with Gasteiger partial charge in [0.05, 0.1) is 0 Å². The number of hydrogen-bond acceptors (Lipinski definition) is 2. The van der Waals surface area contributed by atoms with Crippen LogP contribution in [0.1, 0.15) is 25.7 Å². The second-order valence-corrected chi connectivity index (χ2v) is 5.30. The van der Waals surface area contributed by atoms with Crippen molar-refractivity contribution < 1.29 is 4.79 Å². The molecule has 96 valence electrons. The van der Waals surface area contributed by atoms with Crippen LogP contribution in [0.25, 0.3) is 0 Å². The Morgan fingerprint density at radius 2 is 2.39 bits per heavy atom. The summed E-state index contributed by atoms with van der Waals surface area (Å²) in [6.45, 7) is 0. The molecule has 0 saturated heterocycles. The smallest absolute Gasteiger partial charge is 0.239 e. The van der Waals surface area contributed by atoms with Crippen molar-refractivity contribution in [1.82, 2.24) is 10.6 Å².